The number of nitrogens with zero attached hydrogens (tertiary/aromatic N) is 1. The Morgan fingerprint density at radius 3 is 2.20 bits per heavy atom. The minimum absolute atomic E-state index is 0.0841. The van der Waals surface area contributed by atoms with Crippen molar-refractivity contribution in [2.24, 2.45) is 10.4 Å². The fourth-order valence-corrected chi connectivity index (χ4v) is 2.91. The van der Waals surface area contributed by atoms with E-state index in [1.807, 2.05) is 34.6 Å². The normalized spacial score (nSPS) is 13.0. The zero-order valence-electron chi connectivity index (χ0n) is 21.2. The van der Waals surface area contributed by atoms with Gasteiger partial charge in [-0.15, -0.1) is 0 Å². The predicted octanol–water partition coefficient (Wildman–Crippen LogP) is 8.33. The van der Waals surface area contributed by atoms with Crippen molar-refractivity contribution in [1.29, 1.82) is 0 Å². The summed E-state index contributed by atoms with van der Waals surface area (Å²) < 4.78 is 0. The van der Waals surface area contributed by atoms with Crippen molar-refractivity contribution < 1.29 is 4.79 Å². The average molecular weight is 410 g/mol. The molecule has 0 aliphatic rings. The first-order valence-electron chi connectivity index (χ1n) is 11.3. The standard InChI is InChI=1S/C24H31NO.2C2H6/c1-16-9-8-10-20-14-19(11-12-22(16)20)18(3)23(26)15-21(25-7)13-17(2)24(4,5)6;2*1-2/h8-14,18H,15H2,1-7H3;2*1-2H3/b17-13+,25-21?;;/t18-;;/m0../s1. The molecule has 0 spiro atoms. The molecular weight excluding hydrogens is 366 g/mol. The number of aryl methyl sites for hydroxylation is 1. The van der Waals surface area contributed by atoms with Crippen LogP contribution in [0, 0.1) is 12.3 Å². The molecule has 2 nitrogen and oxygen atoms in total. The molecule has 0 aliphatic carbocycles. The topological polar surface area (TPSA) is 29.4 Å². The summed E-state index contributed by atoms with van der Waals surface area (Å²) in [6.07, 6.45) is 2.44. The van der Waals surface area contributed by atoms with Crippen LogP contribution in [0.4, 0.5) is 0 Å². The Hall–Kier alpha value is -2.22. The van der Waals surface area contributed by atoms with E-state index in [2.05, 4.69) is 82.1 Å². The molecule has 0 aliphatic heterocycles. The van der Waals surface area contributed by atoms with E-state index < -0.39 is 0 Å². The van der Waals surface area contributed by atoms with Crippen LogP contribution < -0.4 is 0 Å². The second kappa shape index (κ2) is 13.2. The van der Waals surface area contributed by atoms with E-state index in [0.29, 0.717) is 6.42 Å². The van der Waals surface area contributed by atoms with E-state index in [-0.39, 0.29) is 17.1 Å². The lowest BCUT2D eigenvalue weighted by molar-refractivity contribution is -0.118. The lowest BCUT2D eigenvalue weighted by Crippen LogP contribution is -2.15. The van der Waals surface area contributed by atoms with Crippen molar-refractivity contribution >= 4 is 22.3 Å². The zero-order chi connectivity index (χ0) is 23.5. The molecule has 166 valence electrons. The molecular formula is C28H43NO. The second-order valence-electron chi connectivity index (χ2n) is 8.21. The number of carbonyl (C=O) groups is 1. The highest BCUT2D eigenvalue weighted by atomic mass is 16.1. The maximum Gasteiger partial charge on any atom is 0.145 e. The highest BCUT2D eigenvalue weighted by molar-refractivity contribution is 6.09. The summed E-state index contributed by atoms with van der Waals surface area (Å²) in [6.45, 7) is 20.7. The van der Waals surface area contributed by atoms with Gasteiger partial charge in [0, 0.05) is 25.1 Å². The summed E-state index contributed by atoms with van der Waals surface area (Å²) in [5, 5.41) is 2.44. The van der Waals surface area contributed by atoms with E-state index in [9.17, 15) is 4.79 Å². The molecule has 0 unspecified atom stereocenters. The van der Waals surface area contributed by atoms with Gasteiger partial charge in [-0.25, -0.2) is 0 Å². The van der Waals surface area contributed by atoms with Crippen molar-refractivity contribution in [3.63, 3.8) is 0 Å². The zero-order valence-corrected chi connectivity index (χ0v) is 21.2. The SMILES string of the molecule is CC.CC.CN=C(/C=C(\C)C(C)(C)C)CC(=O)[C@@H](C)c1ccc2c(C)cccc2c1. The third-order valence-corrected chi connectivity index (χ3v) is 5.31. The Labute approximate surface area is 185 Å². The lowest BCUT2D eigenvalue weighted by atomic mass is 9.86. The monoisotopic (exact) mass is 409 g/mol. The van der Waals surface area contributed by atoms with Crippen LogP contribution in [0.2, 0.25) is 0 Å². The minimum atomic E-state index is -0.139. The Kier molecular flexibility index (Phi) is 12.2. The molecule has 0 radical (unpaired) electrons. The first-order chi connectivity index (χ1) is 14.1. The molecule has 0 aromatic heterocycles. The summed E-state index contributed by atoms with van der Waals surface area (Å²) >= 11 is 0. The number of benzene rings is 2. The molecule has 2 aromatic rings. The van der Waals surface area contributed by atoms with Crippen LogP contribution in [0.1, 0.15) is 85.8 Å². The Bertz CT molecular complexity index is 866. The smallest absolute Gasteiger partial charge is 0.145 e. The van der Waals surface area contributed by atoms with E-state index in [4.69, 9.17) is 0 Å². The molecule has 0 bridgehead atoms. The second-order valence-corrected chi connectivity index (χ2v) is 8.21. The average Bonchev–Trinajstić information content (AvgIpc) is 2.74. The van der Waals surface area contributed by atoms with Crippen LogP contribution in [0.25, 0.3) is 10.8 Å². The largest absolute Gasteiger partial charge is 0.299 e. The number of allylic oxidation sites excluding steroid dienone is 2. The van der Waals surface area contributed by atoms with Crippen molar-refractivity contribution in [2.45, 2.75) is 81.6 Å². The molecule has 1 atom stereocenters. The molecule has 0 heterocycles. The number of hydrogen-bond donors (Lipinski definition) is 0. The van der Waals surface area contributed by atoms with E-state index >= 15 is 0 Å². The molecule has 30 heavy (non-hydrogen) atoms. The van der Waals surface area contributed by atoms with Crippen LogP contribution in [-0.2, 0) is 4.79 Å². The third-order valence-electron chi connectivity index (χ3n) is 5.31. The summed E-state index contributed by atoms with van der Waals surface area (Å²) in [6, 6.07) is 12.6. The van der Waals surface area contributed by atoms with Crippen molar-refractivity contribution in [2.75, 3.05) is 7.05 Å². The van der Waals surface area contributed by atoms with Gasteiger partial charge in [0.25, 0.3) is 0 Å². The highest BCUT2D eigenvalue weighted by Crippen LogP contribution is 2.27. The van der Waals surface area contributed by atoms with E-state index in [1.54, 1.807) is 7.05 Å². The van der Waals surface area contributed by atoms with Gasteiger partial charge in [0.1, 0.15) is 5.78 Å². The van der Waals surface area contributed by atoms with Gasteiger partial charge in [-0.2, -0.15) is 0 Å². The fraction of sp³-hybridized carbons (Fsp3) is 0.500. The number of hydrogen-bond acceptors (Lipinski definition) is 2. The van der Waals surface area contributed by atoms with Crippen molar-refractivity contribution in [3.8, 4) is 0 Å². The van der Waals surface area contributed by atoms with Crippen LogP contribution in [0.15, 0.2) is 53.0 Å². The van der Waals surface area contributed by atoms with Crippen molar-refractivity contribution in [3.05, 3.63) is 59.2 Å². The van der Waals surface area contributed by atoms with Gasteiger partial charge in [0.2, 0.25) is 0 Å². The summed E-state index contributed by atoms with van der Waals surface area (Å²) in [5.41, 5.74) is 4.50. The molecule has 2 aromatic carbocycles. The number of rotatable bonds is 5. The summed E-state index contributed by atoms with van der Waals surface area (Å²) in [7, 11) is 1.76. The summed E-state index contributed by atoms with van der Waals surface area (Å²) in [4.78, 5) is 17.2. The van der Waals surface area contributed by atoms with Crippen LogP contribution in [0.3, 0.4) is 0 Å². The number of ketones is 1. The van der Waals surface area contributed by atoms with Crippen LogP contribution >= 0.6 is 0 Å². The van der Waals surface area contributed by atoms with Crippen LogP contribution in [-0.4, -0.2) is 18.5 Å². The van der Waals surface area contributed by atoms with E-state index in [1.165, 1.54) is 21.9 Å². The maximum atomic E-state index is 12.8. The Balaban J connectivity index is 0.00000198. The molecule has 0 fully saturated rings. The van der Waals surface area contributed by atoms with Gasteiger partial charge >= 0.3 is 0 Å². The number of fused-ring (bicyclic) bond motifs is 1. The van der Waals surface area contributed by atoms with Gasteiger partial charge in [0.15, 0.2) is 0 Å². The molecule has 0 saturated heterocycles. The molecule has 2 rings (SSSR count). The fourth-order valence-electron chi connectivity index (χ4n) is 2.91. The molecule has 0 N–H and O–H groups in total. The van der Waals surface area contributed by atoms with Gasteiger partial charge in [-0.3, -0.25) is 9.79 Å². The molecule has 2 heteroatoms. The Morgan fingerprint density at radius 1 is 1.07 bits per heavy atom. The van der Waals surface area contributed by atoms with Gasteiger partial charge in [0.05, 0.1) is 0 Å². The maximum absolute atomic E-state index is 12.8. The first kappa shape index (κ1) is 27.8. The number of carbonyl (C=O) groups excluding carboxylic acids is 1. The first-order valence-corrected chi connectivity index (χ1v) is 11.3. The van der Waals surface area contributed by atoms with Gasteiger partial charge < -0.3 is 0 Å². The van der Waals surface area contributed by atoms with Crippen LogP contribution in [0.5, 0.6) is 0 Å². The van der Waals surface area contributed by atoms with E-state index in [0.717, 1.165) is 11.3 Å². The quantitative estimate of drug-likeness (QED) is 0.456. The third kappa shape index (κ3) is 7.89. The number of Topliss-reactive ketones (excluding diaryl/α,β-unsaturated/α-hetero) is 1. The van der Waals surface area contributed by atoms with Gasteiger partial charge in [-0.1, -0.05) is 97.4 Å². The minimum Gasteiger partial charge on any atom is -0.299 e. The molecule has 0 saturated carbocycles. The lowest BCUT2D eigenvalue weighted by Gasteiger charge is -2.20. The predicted molar refractivity (Wildman–Crippen MR) is 136 cm³/mol. The Morgan fingerprint density at radius 2 is 1.67 bits per heavy atom. The van der Waals surface area contributed by atoms with Crippen molar-refractivity contribution in [1.82, 2.24) is 0 Å². The summed E-state index contributed by atoms with van der Waals surface area (Å²) in [5.74, 6) is 0.0653. The molecule has 0 amide bonds. The highest BCUT2D eigenvalue weighted by Gasteiger charge is 2.19. The number of aliphatic imine (C=N–C) groups is 1. The van der Waals surface area contributed by atoms with Gasteiger partial charge in [-0.05, 0) is 47.2 Å².